The second-order valence-corrected chi connectivity index (χ2v) is 22.2. The molecule has 5 heteroatoms. The molecule has 0 saturated carbocycles. The molecule has 0 aliphatic carbocycles. The summed E-state index contributed by atoms with van der Waals surface area (Å²) < 4.78 is 2.59. The molecule has 0 saturated heterocycles. The maximum absolute atomic E-state index is 4.74. The van der Waals surface area contributed by atoms with E-state index in [1.807, 2.05) is 35.7 Å². The minimum absolute atomic E-state index is 0. The van der Waals surface area contributed by atoms with Crippen molar-refractivity contribution in [1.82, 2.24) is 9.97 Å². The van der Waals surface area contributed by atoms with Gasteiger partial charge in [0.25, 0.3) is 0 Å². The van der Waals surface area contributed by atoms with Crippen LogP contribution in [0.2, 0.25) is 19.6 Å². The van der Waals surface area contributed by atoms with Gasteiger partial charge in [0.05, 0.1) is 8.07 Å². The molecule has 0 aliphatic rings. The number of benzene rings is 4. The van der Waals surface area contributed by atoms with E-state index < -0.39 is 8.07 Å². The van der Waals surface area contributed by atoms with Gasteiger partial charge in [-0.05, 0) is 91.8 Å². The first kappa shape index (κ1) is 39.5. The first-order valence-corrected chi connectivity index (χ1v) is 22.3. The standard InChI is InChI=1S/C30H28NS.C17H22NSi.Ir/c1-18-8-7-9-19(2)27(18)21-11-13-24-26(16-21)32-29-23(12-10-20(3)28(24)29)25-17-22(14-15-31-25)30(4,5)6;1-13(2)15-11-16(14-9-7-6-8-10-14)18-12-17(15)19(3,4)5;/h7-11,13-17H,1-6H3;6-9,11-13H,1-5H3;/q2*-1;. The summed E-state index contributed by atoms with van der Waals surface area (Å²) in [5.41, 5.74) is 13.6. The number of hydrogen-bond acceptors (Lipinski definition) is 3. The van der Waals surface area contributed by atoms with E-state index in [0.717, 1.165) is 22.5 Å². The van der Waals surface area contributed by atoms with Crippen molar-refractivity contribution in [2.24, 2.45) is 0 Å². The summed E-state index contributed by atoms with van der Waals surface area (Å²) in [5, 5.41) is 4.12. The third kappa shape index (κ3) is 8.24. The van der Waals surface area contributed by atoms with Gasteiger partial charge in [-0.25, -0.2) is 0 Å². The topological polar surface area (TPSA) is 25.8 Å². The Kier molecular flexibility index (Phi) is 11.9. The molecule has 0 aliphatic heterocycles. The predicted molar refractivity (Wildman–Crippen MR) is 225 cm³/mol. The molecule has 0 unspecified atom stereocenters. The molecule has 0 bridgehead atoms. The summed E-state index contributed by atoms with van der Waals surface area (Å²) in [6, 6.07) is 37.0. The van der Waals surface area contributed by atoms with Crippen LogP contribution in [0.4, 0.5) is 0 Å². The van der Waals surface area contributed by atoms with Gasteiger partial charge in [0.15, 0.2) is 0 Å². The fourth-order valence-corrected chi connectivity index (χ4v) is 9.91. The molecule has 7 rings (SSSR count). The predicted octanol–water partition coefficient (Wildman–Crippen LogP) is 13.0. The normalized spacial score (nSPS) is 11.8. The third-order valence-corrected chi connectivity index (χ3v) is 13.0. The molecule has 52 heavy (non-hydrogen) atoms. The van der Waals surface area contributed by atoms with Crippen molar-refractivity contribution in [1.29, 1.82) is 0 Å². The maximum atomic E-state index is 4.74. The van der Waals surface area contributed by atoms with Crippen LogP contribution in [0.15, 0.2) is 97.3 Å². The van der Waals surface area contributed by atoms with E-state index in [2.05, 4.69) is 165 Å². The van der Waals surface area contributed by atoms with Crippen molar-refractivity contribution in [3.05, 3.63) is 137 Å². The largest absolute Gasteiger partial charge is 0.305 e. The van der Waals surface area contributed by atoms with Crippen LogP contribution in [0.3, 0.4) is 0 Å². The van der Waals surface area contributed by atoms with Crippen LogP contribution in [-0.2, 0) is 25.5 Å². The molecule has 7 aromatic rings. The third-order valence-electron chi connectivity index (χ3n) is 9.75. The van der Waals surface area contributed by atoms with Gasteiger partial charge in [-0.15, -0.1) is 59.2 Å². The Bertz CT molecular complexity index is 2320. The summed E-state index contributed by atoms with van der Waals surface area (Å²) >= 11 is 1.86. The van der Waals surface area contributed by atoms with Gasteiger partial charge in [0.2, 0.25) is 0 Å². The zero-order valence-electron chi connectivity index (χ0n) is 32.5. The molecule has 269 valence electrons. The molecule has 0 fully saturated rings. The van der Waals surface area contributed by atoms with E-state index in [-0.39, 0.29) is 25.5 Å². The van der Waals surface area contributed by atoms with Gasteiger partial charge in [-0.3, -0.25) is 0 Å². The van der Waals surface area contributed by atoms with Crippen molar-refractivity contribution in [2.75, 3.05) is 0 Å². The van der Waals surface area contributed by atoms with Crippen LogP contribution >= 0.6 is 11.3 Å². The fourth-order valence-electron chi connectivity index (χ4n) is 6.91. The summed E-state index contributed by atoms with van der Waals surface area (Å²) in [4.78, 5) is 9.40. The van der Waals surface area contributed by atoms with Crippen molar-refractivity contribution in [3.8, 4) is 33.6 Å². The van der Waals surface area contributed by atoms with Crippen molar-refractivity contribution in [3.63, 3.8) is 0 Å². The molecule has 1 radical (unpaired) electrons. The van der Waals surface area contributed by atoms with Crippen molar-refractivity contribution < 1.29 is 20.1 Å². The molecule has 0 amide bonds. The van der Waals surface area contributed by atoms with E-state index >= 15 is 0 Å². The summed E-state index contributed by atoms with van der Waals surface area (Å²) in [6.07, 6.45) is 4.03. The first-order valence-electron chi connectivity index (χ1n) is 18.0. The average Bonchev–Trinajstić information content (AvgIpc) is 3.48. The number of rotatable bonds is 5. The van der Waals surface area contributed by atoms with Gasteiger partial charge in [-0.2, -0.15) is 11.3 Å². The Morgan fingerprint density at radius 2 is 1.50 bits per heavy atom. The van der Waals surface area contributed by atoms with E-state index in [0.29, 0.717) is 5.92 Å². The molecule has 4 aromatic carbocycles. The number of pyridine rings is 2. The smallest absolute Gasteiger partial charge is 0.0799 e. The Hall–Kier alpha value is -3.73. The molecule has 0 atom stereocenters. The zero-order chi connectivity index (χ0) is 36.7. The average molecular weight is 895 g/mol. The van der Waals surface area contributed by atoms with Crippen LogP contribution in [0.25, 0.3) is 53.8 Å². The summed E-state index contributed by atoms with van der Waals surface area (Å²) in [6.45, 7) is 25.0. The Morgan fingerprint density at radius 3 is 2.13 bits per heavy atom. The van der Waals surface area contributed by atoms with Crippen molar-refractivity contribution >= 4 is 44.8 Å². The SMILES string of the molecule is CC(C)c1cc(-c2[c-]cccc2)ncc1[Si](C)(C)C.Cc1cccc(C)c1-c1ccc2c(c1)sc1c(-c3cc(C(C)(C)C)ccn3)[c-]cc(C)c12.[Ir]. The van der Waals surface area contributed by atoms with Crippen LogP contribution in [0, 0.1) is 32.9 Å². The van der Waals surface area contributed by atoms with Crippen LogP contribution in [0.1, 0.15) is 68.4 Å². The van der Waals surface area contributed by atoms with Crippen LogP contribution in [-0.4, -0.2) is 18.0 Å². The number of thiophene rings is 1. The second kappa shape index (κ2) is 15.7. The Labute approximate surface area is 330 Å². The van der Waals surface area contributed by atoms with Gasteiger partial charge in [0.1, 0.15) is 0 Å². The fraction of sp³-hybridized carbons (Fsp3) is 0.277. The molecule has 0 N–H and O–H groups in total. The van der Waals surface area contributed by atoms with E-state index in [1.165, 1.54) is 64.3 Å². The number of nitrogens with zero attached hydrogens (tertiary/aromatic N) is 2. The second-order valence-electron chi connectivity index (χ2n) is 16.1. The number of aromatic nitrogens is 2. The Balaban J connectivity index is 0.000000225. The van der Waals surface area contributed by atoms with Gasteiger partial charge >= 0.3 is 0 Å². The summed E-state index contributed by atoms with van der Waals surface area (Å²) in [5.74, 6) is 0.534. The van der Waals surface area contributed by atoms with Crippen molar-refractivity contribution in [2.45, 2.75) is 86.4 Å². The maximum Gasteiger partial charge on any atom is 0.0799 e. The molecular weight excluding hydrogens is 845 g/mol. The van der Waals surface area contributed by atoms with E-state index in [1.54, 1.807) is 0 Å². The van der Waals surface area contributed by atoms with Gasteiger partial charge < -0.3 is 9.97 Å². The summed E-state index contributed by atoms with van der Waals surface area (Å²) in [7, 11) is -1.34. The molecular formula is C47H50IrN2SSi-2. The molecule has 2 nitrogen and oxygen atoms in total. The number of fused-ring (bicyclic) bond motifs is 3. The first-order chi connectivity index (χ1) is 24.1. The van der Waals surface area contributed by atoms with E-state index in [9.17, 15) is 0 Å². The molecule has 0 spiro atoms. The minimum Gasteiger partial charge on any atom is -0.305 e. The van der Waals surface area contributed by atoms with Gasteiger partial charge in [-0.1, -0.05) is 115 Å². The van der Waals surface area contributed by atoms with Gasteiger partial charge in [0, 0.05) is 37.2 Å². The number of hydrogen-bond donors (Lipinski definition) is 0. The molecule has 3 heterocycles. The van der Waals surface area contributed by atoms with Crippen LogP contribution < -0.4 is 5.19 Å². The number of aryl methyl sites for hydroxylation is 3. The quantitative estimate of drug-likeness (QED) is 0.127. The monoisotopic (exact) mass is 895 g/mol. The molecule has 3 aromatic heterocycles. The van der Waals surface area contributed by atoms with E-state index in [4.69, 9.17) is 4.98 Å². The van der Waals surface area contributed by atoms with Crippen LogP contribution in [0.5, 0.6) is 0 Å². The minimum atomic E-state index is -1.34. The Morgan fingerprint density at radius 1 is 0.769 bits per heavy atom. The zero-order valence-corrected chi connectivity index (χ0v) is 36.7.